The summed E-state index contributed by atoms with van der Waals surface area (Å²) < 4.78 is 0. The van der Waals surface area contributed by atoms with Crippen molar-refractivity contribution in [2.45, 2.75) is 0 Å². The standard InChI is InChI=1S/C4H5N5O2/c5-3-7-2(1-6-11)8-4(10)9-3/h1,11H,(H3,5,7,8,9,10). The number of anilines is 1. The summed E-state index contributed by atoms with van der Waals surface area (Å²) in [4.78, 5) is 19.5. The molecule has 0 saturated heterocycles. The molecule has 0 aromatic carbocycles. The van der Waals surface area contributed by atoms with Crippen molar-refractivity contribution in [3.8, 4) is 0 Å². The second-order valence-corrected chi connectivity index (χ2v) is 1.64. The Bertz CT molecular complexity index is 329. The van der Waals surface area contributed by atoms with Gasteiger partial charge in [-0.15, -0.1) is 0 Å². The van der Waals surface area contributed by atoms with Gasteiger partial charge in [0.25, 0.3) is 0 Å². The van der Waals surface area contributed by atoms with E-state index in [0.717, 1.165) is 6.21 Å². The maximum Gasteiger partial charge on any atom is 0.349 e. The Kier molecular flexibility index (Phi) is 1.81. The largest absolute Gasteiger partial charge is 0.411 e. The number of H-pyrrole nitrogens is 1. The van der Waals surface area contributed by atoms with Crippen LogP contribution in [0.1, 0.15) is 5.82 Å². The number of rotatable bonds is 1. The first-order chi connectivity index (χ1) is 5.22. The summed E-state index contributed by atoms with van der Waals surface area (Å²) in [5.41, 5.74) is 4.47. The molecule has 58 valence electrons. The van der Waals surface area contributed by atoms with Crippen LogP contribution in [0, 0.1) is 0 Å². The topological polar surface area (TPSA) is 117 Å². The smallest absolute Gasteiger partial charge is 0.349 e. The molecule has 0 aliphatic rings. The van der Waals surface area contributed by atoms with Gasteiger partial charge in [0.05, 0.1) is 0 Å². The van der Waals surface area contributed by atoms with Crippen LogP contribution in [0.25, 0.3) is 0 Å². The predicted octanol–water partition coefficient (Wildman–Crippen LogP) is -1.44. The molecular weight excluding hydrogens is 150 g/mol. The number of nitrogens with zero attached hydrogens (tertiary/aromatic N) is 3. The quantitative estimate of drug-likeness (QED) is 0.260. The lowest BCUT2D eigenvalue weighted by Crippen LogP contribution is -2.17. The van der Waals surface area contributed by atoms with E-state index < -0.39 is 5.69 Å². The zero-order valence-corrected chi connectivity index (χ0v) is 5.35. The zero-order valence-electron chi connectivity index (χ0n) is 5.35. The van der Waals surface area contributed by atoms with Crippen molar-refractivity contribution in [1.29, 1.82) is 0 Å². The molecule has 1 rings (SSSR count). The molecule has 0 atom stereocenters. The van der Waals surface area contributed by atoms with Crippen LogP contribution < -0.4 is 11.4 Å². The number of hydrogen-bond donors (Lipinski definition) is 3. The van der Waals surface area contributed by atoms with E-state index in [-0.39, 0.29) is 11.8 Å². The molecule has 0 aliphatic heterocycles. The van der Waals surface area contributed by atoms with Crippen molar-refractivity contribution in [2.75, 3.05) is 5.73 Å². The van der Waals surface area contributed by atoms with Gasteiger partial charge in [0, 0.05) is 0 Å². The van der Waals surface area contributed by atoms with E-state index in [1.54, 1.807) is 0 Å². The molecule has 1 aromatic rings. The summed E-state index contributed by atoms with van der Waals surface area (Å²) in [5.74, 6) is -0.103. The van der Waals surface area contributed by atoms with Gasteiger partial charge >= 0.3 is 5.69 Å². The molecule has 1 heterocycles. The van der Waals surface area contributed by atoms with E-state index >= 15 is 0 Å². The minimum absolute atomic E-state index is 0.0602. The Balaban J connectivity index is 3.19. The van der Waals surface area contributed by atoms with Crippen LogP contribution >= 0.6 is 0 Å². The summed E-state index contributed by atoms with van der Waals surface area (Å²) in [5, 5.41) is 10.7. The number of aromatic nitrogens is 3. The molecule has 0 fully saturated rings. The SMILES string of the molecule is Nc1nc(C=NO)[nH]c(=O)n1. The summed E-state index contributed by atoms with van der Waals surface area (Å²) >= 11 is 0. The van der Waals surface area contributed by atoms with Gasteiger partial charge in [-0.25, -0.2) is 4.79 Å². The maximum atomic E-state index is 10.6. The maximum absolute atomic E-state index is 10.6. The first-order valence-electron chi connectivity index (χ1n) is 2.63. The molecule has 0 spiro atoms. The van der Waals surface area contributed by atoms with Crippen molar-refractivity contribution >= 4 is 12.2 Å². The van der Waals surface area contributed by atoms with Gasteiger partial charge in [0.1, 0.15) is 6.21 Å². The Morgan fingerprint density at radius 1 is 1.64 bits per heavy atom. The molecule has 0 radical (unpaired) electrons. The average molecular weight is 155 g/mol. The van der Waals surface area contributed by atoms with E-state index in [4.69, 9.17) is 10.9 Å². The lowest BCUT2D eigenvalue weighted by atomic mass is 10.6. The number of nitrogens with two attached hydrogens (primary N) is 1. The first-order valence-corrected chi connectivity index (χ1v) is 2.63. The van der Waals surface area contributed by atoms with Crippen LogP contribution in [0.4, 0.5) is 5.95 Å². The zero-order chi connectivity index (χ0) is 8.27. The monoisotopic (exact) mass is 155 g/mol. The Morgan fingerprint density at radius 3 is 2.91 bits per heavy atom. The second-order valence-electron chi connectivity index (χ2n) is 1.64. The minimum Gasteiger partial charge on any atom is -0.411 e. The van der Waals surface area contributed by atoms with E-state index in [0.29, 0.717) is 0 Å². The summed E-state index contributed by atoms with van der Waals surface area (Å²) in [6.45, 7) is 0. The van der Waals surface area contributed by atoms with Gasteiger partial charge in [-0.3, -0.25) is 4.98 Å². The van der Waals surface area contributed by atoms with Crippen molar-refractivity contribution in [3.63, 3.8) is 0 Å². The molecule has 0 unspecified atom stereocenters. The number of nitrogens with one attached hydrogen (secondary N) is 1. The number of aromatic amines is 1. The van der Waals surface area contributed by atoms with Gasteiger partial charge in [-0.1, -0.05) is 5.16 Å². The van der Waals surface area contributed by atoms with Gasteiger partial charge in [0.15, 0.2) is 5.82 Å². The molecule has 0 bridgehead atoms. The third-order valence-electron chi connectivity index (χ3n) is 0.866. The summed E-state index contributed by atoms with van der Waals surface area (Å²) in [6, 6.07) is 0. The van der Waals surface area contributed by atoms with E-state index in [2.05, 4.69) is 20.1 Å². The highest BCUT2D eigenvalue weighted by Crippen LogP contribution is 1.83. The van der Waals surface area contributed by atoms with Gasteiger partial charge in [0.2, 0.25) is 5.95 Å². The van der Waals surface area contributed by atoms with Gasteiger partial charge in [-0.2, -0.15) is 9.97 Å². The number of hydrogen-bond acceptors (Lipinski definition) is 6. The molecular formula is C4H5N5O2. The fraction of sp³-hybridized carbons (Fsp3) is 0. The highest BCUT2D eigenvalue weighted by Gasteiger charge is 1.94. The normalized spacial score (nSPS) is 10.5. The molecule has 4 N–H and O–H groups in total. The summed E-state index contributed by atoms with van der Waals surface area (Å²) in [7, 11) is 0. The molecule has 0 saturated carbocycles. The van der Waals surface area contributed by atoms with Crippen LogP contribution in [0.5, 0.6) is 0 Å². The van der Waals surface area contributed by atoms with E-state index in [1.807, 2.05) is 0 Å². The van der Waals surface area contributed by atoms with E-state index in [1.165, 1.54) is 0 Å². The second kappa shape index (κ2) is 2.78. The minimum atomic E-state index is -0.632. The molecule has 1 aromatic heterocycles. The Morgan fingerprint density at radius 2 is 2.36 bits per heavy atom. The lowest BCUT2D eigenvalue weighted by molar-refractivity contribution is 0.321. The van der Waals surface area contributed by atoms with Crippen molar-refractivity contribution < 1.29 is 5.21 Å². The Hall–Kier alpha value is -1.92. The highest BCUT2D eigenvalue weighted by atomic mass is 16.4. The van der Waals surface area contributed by atoms with Crippen molar-refractivity contribution in [3.05, 3.63) is 16.3 Å². The van der Waals surface area contributed by atoms with Crippen LogP contribution in [0.3, 0.4) is 0 Å². The fourth-order valence-corrected chi connectivity index (χ4v) is 0.534. The molecule has 11 heavy (non-hydrogen) atoms. The van der Waals surface area contributed by atoms with Gasteiger partial charge in [-0.05, 0) is 0 Å². The average Bonchev–Trinajstić information content (AvgIpc) is 1.85. The molecule has 0 aliphatic carbocycles. The van der Waals surface area contributed by atoms with Crippen LogP contribution in [-0.4, -0.2) is 26.4 Å². The van der Waals surface area contributed by atoms with Crippen molar-refractivity contribution in [2.24, 2.45) is 5.16 Å². The number of oxime groups is 1. The van der Waals surface area contributed by atoms with Crippen LogP contribution in [-0.2, 0) is 0 Å². The van der Waals surface area contributed by atoms with E-state index in [9.17, 15) is 4.79 Å². The molecule has 7 nitrogen and oxygen atoms in total. The predicted molar refractivity (Wildman–Crippen MR) is 36.4 cm³/mol. The van der Waals surface area contributed by atoms with Crippen LogP contribution in [0.2, 0.25) is 0 Å². The molecule has 0 amide bonds. The van der Waals surface area contributed by atoms with Crippen molar-refractivity contribution in [1.82, 2.24) is 15.0 Å². The third-order valence-corrected chi connectivity index (χ3v) is 0.866. The Labute approximate surface area is 60.6 Å². The summed E-state index contributed by atoms with van der Waals surface area (Å²) in [6.07, 6.45) is 0.944. The third kappa shape index (κ3) is 1.75. The molecule has 7 heteroatoms. The fourth-order valence-electron chi connectivity index (χ4n) is 0.534. The first kappa shape index (κ1) is 7.19. The van der Waals surface area contributed by atoms with Crippen LogP contribution in [0.15, 0.2) is 9.95 Å². The highest BCUT2D eigenvalue weighted by molar-refractivity contribution is 5.73. The number of nitrogen functional groups attached to an aromatic ring is 1. The lowest BCUT2D eigenvalue weighted by Gasteiger charge is -1.90. The van der Waals surface area contributed by atoms with Gasteiger partial charge < -0.3 is 10.9 Å².